The van der Waals surface area contributed by atoms with Crippen LogP contribution in [0, 0.1) is 29.1 Å². The number of nitrogens with two attached hydrogens (primary N) is 1. The summed E-state index contributed by atoms with van der Waals surface area (Å²) in [5.74, 6) is -10.8. The van der Waals surface area contributed by atoms with Crippen LogP contribution in [-0.4, -0.2) is 14.8 Å². The summed E-state index contributed by atoms with van der Waals surface area (Å²) in [6.07, 6.45) is 0.284. The van der Waals surface area contributed by atoms with Gasteiger partial charge in [0.25, 0.3) is 0 Å². The first-order chi connectivity index (χ1) is 8.88. The topological polar surface area (TPSA) is 56.7 Å². The maximum atomic E-state index is 13.5. The normalized spacial score (nSPS) is 11.1. The van der Waals surface area contributed by atoms with Crippen molar-refractivity contribution in [1.82, 2.24) is 14.8 Å². The number of aryl methyl sites for hydroxylation is 1. The highest BCUT2D eigenvalue weighted by Crippen LogP contribution is 2.26. The number of nitrogen functional groups attached to an aromatic ring is 1. The number of hydrogen-bond acceptors (Lipinski definition) is 3. The van der Waals surface area contributed by atoms with Gasteiger partial charge in [0.2, 0.25) is 11.8 Å². The van der Waals surface area contributed by atoms with Gasteiger partial charge in [0.05, 0.1) is 0 Å². The molecule has 19 heavy (non-hydrogen) atoms. The Balaban J connectivity index is 2.78. The van der Waals surface area contributed by atoms with Crippen LogP contribution in [0.1, 0.15) is 12.7 Å². The molecule has 2 N–H and O–H groups in total. The fourth-order valence-electron chi connectivity index (χ4n) is 1.46. The summed E-state index contributed by atoms with van der Waals surface area (Å²) in [4.78, 5) is 3.63. The number of benzene rings is 1. The molecule has 0 aliphatic carbocycles. The van der Waals surface area contributed by atoms with E-state index in [2.05, 4.69) is 10.1 Å². The molecule has 0 aliphatic rings. The molecule has 0 saturated carbocycles. The van der Waals surface area contributed by atoms with Crippen LogP contribution in [0.15, 0.2) is 0 Å². The number of halogens is 5. The van der Waals surface area contributed by atoms with Crippen molar-refractivity contribution in [2.45, 2.75) is 13.3 Å². The lowest BCUT2D eigenvalue weighted by molar-refractivity contribution is 0.374. The van der Waals surface area contributed by atoms with Crippen molar-refractivity contribution >= 4 is 5.95 Å². The lowest BCUT2D eigenvalue weighted by Crippen LogP contribution is -2.12. The molecule has 102 valence electrons. The van der Waals surface area contributed by atoms with Crippen molar-refractivity contribution < 1.29 is 22.0 Å². The SMILES string of the molecule is CCc1nc(N)n(-c2c(F)c(F)c(F)c(F)c2F)n1. The van der Waals surface area contributed by atoms with Crippen molar-refractivity contribution in [3.05, 3.63) is 34.9 Å². The van der Waals surface area contributed by atoms with E-state index in [0.29, 0.717) is 4.68 Å². The molecule has 1 aromatic carbocycles. The Morgan fingerprint density at radius 1 is 0.947 bits per heavy atom. The molecule has 1 heterocycles. The molecule has 0 radical (unpaired) electrons. The van der Waals surface area contributed by atoms with Crippen molar-refractivity contribution in [2.24, 2.45) is 0 Å². The van der Waals surface area contributed by atoms with Gasteiger partial charge in [0.15, 0.2) is 29.1 Å². The van der Waals surface area contributed by atoms with E-state index in [1.54, 1.807) is 6.92 Å². The Bertz CT molecular complexity index is 623. The molecule has 2 rings (SSSR count). The summed E-state index contributed by atoms with van der Waals surface area (Å²) in [5, 5.41) is 3.58. The minimum atomic E-state index is -2.24. The third-order valence-corrected chi connectivity index (χ3v) is 2.39. The number of hydrogen-bond donors (Lipinski definition) is 1. The zero-order valence-electron chi connectivity index (χ0n) is 9.52. The Hall–Kier alpha value is -2.19. The first-order valence-electron chi connectivity index (χ1n) is 5.11. The lowest BCUT2D eigenvalue weighted by atomic mass is 10.2. The molecule has 2 aromatic rings. The van der Waals surface area contributed by atoms with Crippen LogP contribution in [0.5, 0.6) is 0 Å². The van der Waals surface area contributed by atoms with Gasteiger partial charge in [0.1, 0.15) is 5.69 Å². The van der Waals surface area contributed by atoms with Gasteiger partial charge >= 0.3 is 0 Å². The first-order valence-corrected chi connectivity index (χ1v) is 5.11. The van der Waals surface area contributed by atoms with E-state index < -0.39 is 40.7 Å². The molecular formula is C10H7F5N4. The molecule has 0 atom stereocenters. The molecule has 0 bridgehead atoms. The number of anilines is 1. The highest BCUT2D eigenvalue weighted by atomic mass is 19.2. The number of aromatic nitrogens is 3. The maximum Gasteiger partial charge on any atom is 0.223 e. The van der Waals surface area contributed by atoms with Gasteiger partial charge in [-0.3, -0.25) is 0 Å². The van der Waals surface area contributed by atoms with Crippen LogP contribution < -0.4 is 5.73 Å². The van der Waals surface area contributed by atoms with E-state index in [0.717, 1.165) is 0 Å². The second-order valence-electron chi connectivity index (χ2n) is 3.57. The van der Waals surface area contributed by atoms with Crippen LogP contribution >= 0.6 is 0 Å². The molecule has 0 saturated heterocycles. The summed E-state index contributed by atoms with van der Waals surface area (Å²) in [6.45, 7) is 1.64. The molecular weight excluding hydrogens is 271 g/mol. The zero-order valence-corrected chi connectivity index (χ0v) is 9.52. The summed E-state index contributed by atoms with van der Waals surface area (Å²) < 4.78 is 66.4. The van der Waals surface area contributed by atoms with Gasteiger partial charge in [-0.1, -0.05) is 6.92 Å². The number of rotatable bonds is 2. The van der Waals surface area contributed by atoms with Crippen molar-refractivity contribution in [3.63, 3.8) is 0 Å². The predicted molar refractivity (Wildman–Crippen MR) is 54.9 cm³/mol. The Morgan fingerprint density at radius 3 is 1.84 bits per heavy atom. The van der Waals surface area contributed by atoms with Gasteiger partial charge < -0.3 is 5.73 Å². The van der Waals surface area contributed by atoms with E-state index in [4.69, 9.17) is 5.73 Å². The largest absolute Gasteiger partial charge is 0.368 e. The molecule has 0 aliphatic heterocycles. The van der Waals surface area contributed by atoms with Crippen LogP contribution in [0.25, 0.3) is 5.69 Å². The van der Waals surface area contributed by atoms with E-state index in [1.165, 1.54) is 0 Å². The van der Waals surface area contributed by atoms with Crippen LogP contribution in [-0.2, 0) is 6.42 Å². The Kier molecular flexibility index (Phi) is 3.13. The fourth-order valence-corrected chi connectivity index (χ4v) is 1.46. The average Bonchev–Trinajstić information content (AvgIpc) is 2.76. The van der Waals surface area contributed by atoms with Gasteiger partial charge in [0, 0.05) is 6.42 Å². The minimum Gasteiger partial charge on any atom is -0.368 e. The lowest BCUT2D eigenvalue weighted by Gasteiger charge is -2.08. The fraction of sp³-hybridized carbons (Fsp3) is 0.200. The summed E-state index contributed by atoms with van der Waals surface area (Å²) in [7, 11) is 0. The maximum absolute atomic E-state index is 13.5. The molecule has 0 fully saturated rings. The second kappa shape index (κ2) is 4.48. The molecule has 1 aromatic heterocycles. The Labute approximate surface area is 103 Å². The second-order valence-corrected chi connectivity index (χ2v) is 3.57. The summed E-state index contributed by atoms with van der Waals surface area (Å²) in [6, 6.07) is 0. The van der Waals surface area contributed by atoms with Crippen LogP contribution in [0.3, 0.4) is 0 Å². The van der Waals surface area contributed by atoms with E-state index in [9.17, 15) is 22.0 Å². The standard InChI is InChI=1S/C10H7F5N4/c1-2-3-17-10(16)19(18-3)9-7(14)5(12)4(11)6(13)8(9)15/h2H2,1H3,(H2,16,17,18). The third-order valence-electron chi connectivity index (χ3n) is 2.39. The molecule has 0 unspecified atom stereocenters. The summed E-state index contributed by atoms with van der Waals surface area (Å²) in [5.41, 5.74) is 4.09. The minimum absolute atomic E-state index is 0.112. The molecule has 0 spiro atoms. The summed E-state index contributed by atoms with van der Waals surface area (Å²) >= 11 is 0. The molecule has 0 amide bonds. The van der Waals surface area contributed by atoms with Crippen LogP contribution in [0.2, 0.25) is 0 Å². The monoisotopic (exact) mass is 278 g/mol. The molecule has 4 nitrogen and oxygen atoms in total. The van der Waals surface area contributed by atoms with Crippen molar-refractivity contribution in [2.75, 3.05) is 5.73 Å². The highest BCUT2D eigenvalue weighted by Gasteiger charge is 2.28. The molecule has 9 heteroatoms. The van der Waals surface area contributed by atoms with E-state index in [-0.39, 0.29) is 12.2 Å². The van der Waals surface area contributed by atoms with Gasteiger partial charge in [-0.2, -0.15) is 9.67 Å². The van der Waals surface area contributed by atoms with Crippen molar-refractivity contribution in [1.29, 1.82) is 0 Å². The van der Waals surface area contributed by atoms with Gasteiger partial charge in [-0.15, -0.1) is 5.10 Å². The predicted octanol–water partition coefficient (Wildman–Crippen LogP) is 2.11. The number of nitrogens with zero attached hydrogens (tertiary/aromatic N) is 3. The average molecular weight is 278 g/mol. The van der Waals surface area contributed by atoms with E-state index in [1.807, 2.05) is 0 Å². The van der Waals surface area contributed by atoms with Crippen molar-refractivity contribution in [3.8, 4) is 5.69 Å². The quantitative estimate of drug-likeness (QED) is 0.520. The highest BCUT2D eigenvalue weighted by molar-refractivity contribution is 5.41. The zero-order chi connectivity index (χ0) is 14.3. The third kappa shape index (κ3) is 1.90. The van der Waals surface area contributed by atoms with Gasteiger partial charge in [-0.05, 0) is 0 Å². The van der Waals surface area contributed by atoms with Crippen LogP contribution in [0.4, 0.5) is 27.9 Å². The Morgan fingerprint density at radius 2 is 1.42 bits per heavy atom. The van der Waals surface area contributed by atoms with Gasteiger partial charge in [-0.25, -0.2) is 22.0 Å². The first kappa shape index (κ1) is 13.2. The smallest absolute Gasteiger partial charge is 0.223 e. The van der Waals surface area contributed by atoms with E-state index >= 15 is 0 Å².